The van der Waals surface area contributed by atoms with Gasteiger partial charge in [0.15, 0.2) is 0 Å². The lowest BCUT2D eigenvalue weighted by molar-refractivity contribution is 0.0615. The Kier molecular flexibility index (Phi) is 5.49. The minimum Gasteiger partial charge on any atom is -0.395 e. The summed E-state index contributed by atoms with van der Waals surface area (Å²) in [5.41, 5.74) is 3.96. The van der Waals surface area contributed by atoms with Gasteiger partial charge in [-0.3, -0.25) is 9.69 Å². The maximum Gasteiger partial charge on any atom is 0.254 e. The van der Waals surface area contributed by atoms with E-state index in [1.54, 1.807) is 6.07 Å². The molecule has 1 aromatic heterocycles. The number of β-amino-alcohol motifs (C(OH)–C–C–N with tert-alkyl or cyclic N) is 1. The number of nitrogens with zero attached hydrogens (tertiary/aromatic N) is 3. The smallest absolute Gasteiger partial charge is 0.254 e. The van der Waals surface area contributed by atoms with Gasteiger partial charge in [0.1, 0.15) is 5.82 Å². The summed E-state index contributed by atoms with van der Waals surface area (Å²) < 4.78 is 0. The Morgan fingerprint density at radius 1 is 1.38 bits per heavy atom. The molecule has 0 bridgehead atoms. The topological polar surface area (TPSA) is 94.7 Å². The molecule has 0 unspecified atom stereocenters. The molecule has 1 aliphatic rings. The zero-order chi connectivity index (χ0) is 15.2. The Balaban J connectivity index is 2.06. The number of hydrazine groups is 1. The molecule has 4 N–H and O–H groups in total. The molecule has 0 aliphatic carbocycles. The van der Waals surface area contributed by atoms with Crippen LogP contribution in [-0.4, -0.2) is 65.1 Å². The molecule has 1 amide bonds. The van der Waals surface area contributed by atoms with Gasteiger partial charge in [-0.05, 0) is 18.6 Å². The fourth-order valence-corrected chi connectivity index (χ4v) is 2.46. The third kappa shape index (κ3) is 3.90. The van der Waals surface area contributed by atoms with Crippen LogP contribution in [0.3, 0.4) is 0 Å². The van der Waals surface area contributed by atoms with Crippen LogP contribution in [0.15, 0.2) is 12.1 Å². The number of carbonyl (C=O) groups is 1. The number of nitrogens with one attached hydrogen (secondary N) is 1. The highest BCUT2D eigenvalue weighted by Gasteiger charge is 2.22. The average molecular weight is 293 g/mol. The van der Waals surface area contributed by atoms with Gasteiger partial charge in [0.25, 0.3) is 5.91 Å². The summed E-state index contributed by atoms with van der Waals surface area (Å²) in [5, 5.41) is 8.94. The minimum atomic E-state index is 0.00671. The van der Waals surface area contributed by atoms with Crippen LogP contribution in [0.25, 0.3) is 0 Å². The Morgan fingerprint density at radius 2 is 2.10 bits per heavy atom. The fourth-order valence-electron chi connectivity index (χ4n) is 2.46. The monoisotopic (exact) mass is 293 g/mol. The van der Waals surface area contributed by atoms with Gasteiger partial charge >= 0.3 is 0 Å². The van der Waals surface area contributed by atoms with Crippen LogP contribution in [0, 0.1) is 0 Å². The molecule has 7 heteroatoms. The molecule has 0 radical (unpaired) electrons. The highest BCUT2D eigenvalue weighted by Crippen LogP contribution is 2.14. The van der Waals surface area contributed by atoms with Crippen LogP contribution in [0.4, 0.5) is 5.82 Å². The molecule has 1 fully saturated rings. The van der Waals surface area contributed by atoms with E-state index in [0.717, 1.165) is 25.2 Å². The van der Waals surface area contributed by atoms with Gasteiger partial charge < -0.3 is 15.4 Å². The Labute approximate surface area is 124 Å². The highest BCUT2D eigenvalue weighted by atomic mass is 16.3. The lowest BCUT2D eigenvalue weighted by Gasteiger charge is -2.34. The number of nitrogens with two attached hydrogens (primary N) is 1. The minimum absolute atomic E-state index is 0.00671. The van der Waals surface area contributed by atoms with E-state index in [1.807, 2.05) is 17.9 Å². The second-order valence-electron chi connectivity index (χ2n) is 5.09. The van der Waals surface area contributed by atoms with E-state index in [2.05, 4.69) is 15.3 Å². The molecule has 1 aliphatic heterocycles. The normalized spacial score (nSPS) is 16.0. The highest BCUT2D eigenvalue weighted by molar-refractivity contribution is 5.95. The van der Waals surface area contributed by atoms with Gasteiger partial charge in [0.2, 0.25) is 0 Å². The van der Waals surface area contributed by atoms with Crippen molar-refractivity contribution in [3.63, 3.8) is 0 Å². The van der Waals surface area contributed by atoms with Crippen molar-refractivity contribution in [1.29, 1.82) is 0 Å². The van der Waals surface area contributed by atoms with Crippen molar-refractivity contribution >= 4 is 11.7 Å². The number of aromatic nitrogens is 1. The number of hydrogen-bond donors (Lipinski definition) is 3. The molecule has 7 nitrogen and oxygen atoms in total. The number of aryl methyl sites for hydroxylation is 1. The molecular formula is C14H23N5O2. The molecule has 1 aromatic rings. The van der Waals surface area contributed by atoms with Crippen molar-refractivity contribution in [3.05, 3.63) is 23.4 Å². The molecule has 116 valence electrons. The summed E-state index contributed by atoms with van der Waals surface area (Å²) in [6, 6.07) is 3.50. The van der Waals surface area contributed by atoms with Gasteiger partial charge in [-0.1, -0.05) is 6.92 Å². The van der Waals surface area contributed by atoms with Gasteiger partial charge in [0.05, 0.1) is 6.61 Å². The molecule has 0 spiro atoms. The number of pyridine rings is 1. The number of carbonyl (C=O) groups excluding carboxylic acids is 1. The van der Waals surface area contributed by atoms with E-state index < -0.39 is 0 Å². The van der Waals surface area contributed by atoms with Crippen LogP contribution >= 0.6 is 0 Å². The molecule has 0 atom stereocenters. The van der Waals surface area contributed by atoms with Crippen molar-refractivity contribution < 1.29 is 9.90 Å². The number of rotatable bonds is 5. The third-order valence-corrected chi connectivity index (χ3v) is 3.71. The maximum atomic E-state index is 12.6. The number of aliphatic hydroxyl groups excluding tert-OH is 1. The fraction of sp³-hybridized carbons (Fsp3) is 0.571. The molecular weight excluding hydrogens is 270 g/mol. The molecule has 0 saturated carbocycles. The van der Waals surface area contributed by atoms with E-state index >= 15 is 0 Å². The summed E-state index contributed by atoms with van der Waals surface area (Å²) >= 11 is 0. The summed E-state index contributed by atoms with van der Waals surface area (Å²) in [7, 11) is 0. The van der Waals surface area contributed by atoms with Crippen molar-refractivity contribution in [3.8, 4) is 0 Å². The van der Waals surface area contributed by atoms with E-state index in [4.69, 9.17) is 10.9 Å². The predicted octanol–water partition coefficient (Wildman–Crippen LogP) is -0.320. The SMILES string of the molecule is CCc1cc(C(=O)N2CCN(CCO)CC2)cc(NN)n1. The third-order valence-electron chi connectivity index (χ3n) is 3.71. The molecule has 0 aromatic carbocycles. The van der Waals surface area contributed by atoms with E-state index in [9.17, 15) is 4.79 Å². The van der Waals surface area contributed by atoms with Gasteiger partial charge in [0, 0.05) is 44.0 Å². The van der Waals surface area contributed by atoms with Crippen molar-refractivity contribution in [2.45, 2.75) is 13.3 Å². The maximum absolute atomic E-state index is 12.6. The first-order valence-corrected chi connectivity index (χ1v) is 7.28. The van der Waals surface area contributed by atoms with Crippen LogP contribution in [0.2, 0.25) is 0 Å². The molecule has 1 saturated heterocycles. The van der Waals surface area contributed by atoms with Gasteiger partial charge in [-0.2, -0.15) is 0 Å². The predicted molar refractivity (Wildman–Crippen MR) is 80.9 cm³/mol. The summed E-state index contributed by atoms with van der Waals surface area (Å²) in [6.45, 7) is 5.74. The number of anilines is 1. The first-order valence-electron chi connectivity index (χ1n) is 7.28. The number of nitrogen functional groups attached to an aromatic ring is 1. The summed E-state index contributed by atoms with van der Waals surface area (Å²) in [5.74, 6) is 5.92. The van der Waals surface area contributed by atoms with E-state index in [1.165, 1.54) is 0 Å². The van der Waals surface area contributed by atoms with Gasteiger partial charge in [-0.25, -0.2) is 10.8 Å². The lowest BCUT2D eigenvalue weighted by atomic mass is 10.1. The zero-order valence-electron chi connectivity index (χ0n) is 12.4. The zero-order valence-corrected chi connectivity index (χ0v) is 12.4. The molecule has 21 heavy (non-hydrogen) atoms. The summed E-state index contributed by atoms with van der Waals surface area (Å²) in [4.78, 5) is 20.8. The number of amides is 1. The van der Waals surface area contributed by atoms with Crippen LogP contribution in [-0.2, 0) is 6.42 Å². The lowest BCUT2D eigenvalue weighted by Crippen LogP contribution is -2.49. The van der Waals surface area contributed by atoms with Crippen LogP contribution < -0.4 is 11.3 Å². The Bertz CT molecular complexity index is 464. The van der Waals surface area contributed by atoms with E-state index in [-0.39, 0.29) is 12.5 Å². The number of piperazine rings is 1. The number of hydrogen-bond acceptors (Lipinski definition) is 6. The standard InChI is InChI=1S/C14H23N5O2/c1-2-12-9-11(10-13(16-12)17-15)14(21)19-5-3-18(4-6-19)7-8-20/h9-10,20H,2-8,15H2,1H3,(H,16,17). The first-order chi connectivity index (χ1) is 10.2. The van der Waals surface area contributed by atoms with Crippen LogP contribution in [0.5, 0.6) is 0 Å². The molecule has 2 rings (SSSR count). The Morgan fingerprint density at radius 3 is 2.67 bits per heavy atom. The second-order valence-corrected chi connectivity index (χ2v) is 5.09. The summed E-state index contributed by atoms with van der Waals surface area (Å²) in [6.07, 6.45) is 0.750. The van der Waals surface area contributed by atoms with Crippen molar-refractivity contribution in [1.82, 2.24) is 14.8 Å². The second kappa shape index (κ2) is 7.35. The quantitative estimate of drug-likeness (QED) is 0.509. The Hall–Kier alpha value is -1.70. The first kappa shape index (κ1) is 15.7. The average Bonchev–Trinajstić information content (AvgIpc) is 2.54. The largest absolute Gasteiger partial charge is 0.395 e. The molecule has 2 heterocycles. The van der Waals surface area contributed by atoms with Crippen molar-refractivity contribution in [2.75, 3.05) is 44.8 Å². The van der Waals surface area contributed by atoms with Crippen molar-refractivity contribution in [2.24, 2.45) is 5.84 Å². The van der Waals surface area contributed by atoms with E-state index in [0.29, 0.717) is 31.0 Å². The number of aliphatic hydroxyl groups is 1. The van der Waals surface area contributed by atoms with Gasteiger partial charge in [-0.15, -0.1) is 0 Å². The van der Waals surface area contributed by atoms with Crippen LogP contribution in [0.1, 0.15) is 23.0 Å².